The van der Waals surface area contributed by atoms with Gasteiger partial charge in [-0.15, -0.1) is 0 Å². The lowest BCUT2D eigenvalue weighted by Gasteiger charge is -2.20. The fraction of sp³-hybridized carbons (Fsp3) is 0.385. The standard InChI is InChI=1S/C26H33N5O5/c1-6-16(3)22(26(34)35)29-25(33)18-12-13-31-20(14-18)28-23(24(31)27-15-21(32)36-7-2)17-8-10-19(11-9-17)30(4)5/h8-14,16,22,27H,6-7,15H2,1-5H3,(H,29,33)(H,34,35). The number of benzene rings is 1. The molecule has 0 spiro atoms. The third kappa shape index (κ3) is 5.94. The molecule has 2 atom stereocenters. The van der Waals surface area contributed by atoms with Crippen molar-refractivity contribution in [1.29, 1.82) is 0 Å². The molecule has 10 heteroatoms. The highest BCUT2D eigenvalue weighted by atomic mass is 16.5. The number of aromatic nitrogens is 2. The van der Waals surface area contributed by atoms with Crippen molar-refractivity contribution in [3.05, 3.63) is 48.2 Å². The van der Waals surface area contributed by atoms with Crippen LogP contribution in [-0.2, 0) is 14.3 Å². The zero-order chi connectivity index (χ0) is 26.4. The summed E-state index contributed by atoms with van der Waals surface area (Å²) in [6, 6.07) is 9.99. The SMILES string of the molecule is CCOC(=O)CNc1c(-c2ccc(N(C)C)cc2)nc2cc(C(=O)NC(C(=O)O)C(C)CC)ccn12. The molecule has 192 valence electrons. The number of ether oxygens (including phenoxy) is 1. The molecule has 0 fully saturated rings. The van der Waals surface area contributed by atoms with E-state index < -0.39 is 23.9 Å². The summed E-state index contributed by atoms with van der Waals surface area (Å²) in [7, 11) is 3.91. The molecule has 0 radical (unpaired) electrons. The van der Waals surface area contributed by atoms with Crippen molar-refractivity contribution in [2.75, 3.05) is 37.5 Å². The number of nitrogens with zero attached hydrogens (tertiary/aromatic N) is 3. The second kappa shape index (κ2) is 11.6. The topological polar surface area (TPSA) is 125 Å². The Bertz CT molecular complexity index is 1240. The molecule has 0 aliphatic carbocycles. The van der Waals surface area contributed by atoms with Gasteiger partial charge in [-0.05, 0) is 37.1 Å². The first kappa shape index (κ1) is 26.5. The van der Waals surface area contributed by atoms with Crippen molar-refractivity contribution >= 4 is 35.0 Å². The molecule has 1 amide bonds. The van der Waals surface area contributed by atoms with Crippen LogP contribution in [0.15, 0.2) is 42.6 Å². The molecule has 1 aromatic carbocycles. The average molecular weight is 496 g/mol. The first-order valence-electron chi connectivity index (χ1n) is 11.9. The number of amides is 1. The van der Waals surface area contributed by atoms with Crippen LogP contribution in [0.2, 0.25) is 0 Å². The van der Waals surface area contributed by atoms with Crippen LogP contribution in [0.4, 0.5) is 11.5 Å². The molecule has 3 rings (SSSR count). The molecule has 3 N–H and O–H groups in total. The summed E-state index contributed by atoms with van der Waals surface area (Å²) in [4.78, 5) is 43.2. The number of carbonyl (C=O) groups excluding carboxylic acids is 2. The van der Waals surface area contributed by atoms with E-state index >= 15 is 0 Å². The highest BCUT2D eigenvalue weighted by Crippen LogP contribution is 2.30. The molecular formula is C26H33N5O5. The molecule has 0 saturated heterocycles. The highest BCUT2D eigenvalue weighted by molar-refractivity contribution is 5.97. The number of imidazole rings is 1. The van der Waals surface area contributed by atoms with Crippen LogP contribution in [0.1, 0.15) is 37.6 Å². The summed E-state index contributed by atoms with van der Waals surface area (Å²) in [6.07, 6.45) is 2.28. The summed E-state index contributed by atoms with van der Waals surface area (Å²) < 4.78 is 6.78. The number of hydrogen-bond acceptors (Lipinski definition) is 7. The average Bonchev–Trinajstić information content (AvgIpc) is 3.23. The van der Waals surface area contributed by atoms with Gasteiger partial charge in [0.1, 0.15) is 29.7 Å². The summed E-state index contributed by atoms with van der Waals surface area (Å²) in [5.74, 6) is -1.62. The fourth-order valence-corrected chi connectivity index (χ4v) is 3.75. The molecule has 0 saturated carbocycles. The van der Waals surface area contributed by atoms with Crippen LogP contribution in [0, 0.1) is 5.92 Å². The Labute approximate surface area is 210 Å². The predicted octanol–water partition coefficient (Wildman–Crippen LogP) is 3.27. The van der Waals surface area contributed by atoms with Gasteiger partial charge in [-0.1, -0.05) is 32.4 Å². The zero-order valence-corrected chi connectivity index (χ0v) is 21.2. The van der Waals surface area contributed by atoms with E-state index in [-0.39, 0.29) is 24.6 Å². The van der Waals surface area contributed by atoms with Crippen molar-refractivity contribution in [2.45, 2.75) is 33.2 Å². The maximum atomic E-state index is 12.9. The summed E-state index contributed by atoms with van der Waals surface area (Å²) in [6.45, 7) is 5.63. The third-order valence-corrected chi connectivity index (χ3v) is 6.02. The van der Waals surface area contributed by atoms with E-state index in [1.165, 1.54) is 0 Å². The molecular weight excluding hydrogens is 462 g/mol. The van der Waals surface area contributed by atoms with Crippen LogP contribution in [0.5, 0.6) is 0 Å². The zero-order valence-electron chi connectivity index (χ0n) is 21.2. The lowest BCUT2D eigenvalue weighted by Crippen LogP contribution is -2.45. The van der Waals surface area contributed by atoms with E-state index in [1.807, 2.05) is 50.2 Å². The molecule has 36 heavy (non-hydrogen) atoms. The van der Waals surface area contributed by atoms with Gasteiger partial charge >= 0.3 is 11.9 Å². The van der Waals surface area contributed by atoms with Gasteiger partial charge in [-0.3, -0.25) is 14.0 Å². The van der Waals surface area contributed by atoms with E-state index in [2.05, 4.69) is 10.6 Å². The van der Waals surface area contributed by atoms with E-state index in [1.54, 1.807) is 36.6 Å². The number of esters is 1. The van der Waals surface area contributed by atoms with Gasteiger partial charge in [0, 0.05) is 37.1 Å². The molecule has 2 unspecified atom stereocenters. The smallest absolute Gasteiger partial charge is 0.326 e. The monoisotopic (exact) mass is 495 g/mol. The third-order valence-electron chi connectivity index (χ3n) is 6.02. The fourth-order valence-electron chi connectivity index (χ4n) is 3.75. The first-order valence-corrected chi connectivity index (χ1v) is 11.9. The Balaban J connectivity index is 2.00. The van der Waals surface area contributed by atoms with E-state index in [0.717, 1.165) is 11.3 Å². The normalized spacial score (nSPS) is 12.6. The molecule has 0 aliphatic heterocycles. The van der Waals surface area contributed by atoms with Gasteiger partial charge in [0.2, 0.25) is 0 Å². The lowest BCUT2D eigenvalue weighted by molar-refractivity contribution is -0.141. The minimum Gasteiger partial charge on any atom is -0.480 e. The number of carboxylic acids is 1. The largest absolute Gasteiger partial charge is 0.480 e. The lowest BCUT2D eigenvalue weighted by atomic mass is 9.99. The van der Waals surface area contributed by atoms with E-state index in [0.29, 0.717) is 23.6 Å². The highest BCUT2D eigenvalue weighted by Gasteiger charge is 2.26. The summed E-state index contributed by atoms with van der Waals surface area (Å²) in [5.41, 5.74) is 3.20. The molecule has 2 aromatic heterocycles. The van der Waals surface area contributed by atoms with E-state index in [4.69, 9.17) is 9.72 Å². The maximum absolute atomic E-state index is 12.9. The molecule has 0 bridgehead atoms. The van der Waals surface area contributed by atoms with Crippen molar-refractivity contribution in [2.24, 2.45) is 5.92 Å². The Morgan fingerprint density at radius 1 is 1.14 bits per heavy atom. The van der Waals surface area contributed by atoms with Crippen LogP contribution in [0.25, 0.3) is 16.9 Å². The summed E-state index contributed by atoms with van der Waals surface area (Å²) >= 11 is 0. The minimum atomic E-state index is -1.08. The second-order valence-corrected chi connectivity index (χ2v) is 8.73. The second-order valence-electron chi connectivity index (χ2n) is 8.73. The van der Waals surface area contributed by atoms with Crippen LogP contribution >= 0.6 is 0 Å². The van der Waals surface area contributed by atoms with Crippen LogP contribution in [0.3, 0.4) is 0 Å². The summed E-state index contributed by atoms with van der Waals surface area (Å²) in [5, 5.41) is 15.3. The van der Waals surface area contributed by atoms with E-state index in [9.17, 15) is 19.5 Å². The van der Waals surface area contributed by atoms with Gasteiger partial charge < -0.3 is 25.4 Å². The number of carbonyl (C=O) groups is 3. The number of anilines is 2. The van der Waals surface area contributed by atoms with Crippen molar-refractivity contribution in [3.63, 3.8) is 0 Å². The first-order chi connectivity index (χ1) is 17.2. The number of hydrogen-bond donors (Lipinski definition) is 3. The maximum Gasteiger partial charge on any atom is 0.326 e. The number of pyridine rings is 1. The Morgan fingerprint density at radius 2 is 1.83 bits per heavy atom. The van der Waals surface area contributed by atoms with Gasteiger partial charge in [-0.25, -0.2) is 9.78 Å². The number of fused-ring (bicyclic) bond motifs is 1. The van der Waals surface area contributed by atoms with Crippen molar-refractivity contribution in [3.8, 4) is 11.3 Å². The van der Waals surface area contributed by atoms with Gasteiger partial charge in [-0.2, -0.15) is 0 Å². The van der Waals surface area contributed by atoms with Crippen LogP contribution in [-0.4, -0.2) is 65.6 Å². The number of aliphatic carboxylic acids is 1. The molecule has 3 aromatic rings. The molecule has 10 nitrogen and oxygen atoms in total. The van der Waals surface area contributed by atoms with Gasteiger partial charge in [0.15, 0.2) is 0 Å². The Morgan fingerprint density at radius 3 is 2.42 bits per heavy atom. The van der Waals surface area contributed by atoms with Crippen molar-refractivity contribution < 1.29 is 24.2 Å². The number of carboxylic acid groups (broad SMARTS) is 1. The van der Waals surface area contributed by atoms with Gasteiger partial charge in [0.05, 0.1) is 6.61 Å². The Kier molecular flexibility index (Phi) is 8.52. The van der Waals surface area contributed by atoms with Gasteiger partial charge in [0.25, 0.3) is 5.91 Å². The quantitative estimate of drug-likeness (QED) is 0.346. The van der Waals surface area contributed by atoms with Crippen LogP contribution < -0.4 is 15.5 Å². The predicted molar refractivity (Wildman–Crippen MR) is 138 cm³/mol. The molecule has 2 heterocycles. The Hall–Kier alpha value is -4.08. The van der Waals surface area contributed by atoms with Crippen molar-refractivity contribution in [1.82, 2.24) is 14.7 Å². The minimum absolute atomic E-state index is 0.0537. The molecule has 0 aliphatic rings. The number of nitrogens with one attached hydrogen (secondary N) is 2. The number of rotatable bonds is 11.